The summed E-state index contributed by atoms with van der Waals surface area (Å²) in [6, 6.07) is 14.2. The van der Waals surface area contributed by atoms with E-state index in [1.54, 1.807) is 29.7 Å². The van der Waals surface area contributed by atoms with Crippen LogP contribution in [0.15, 0.2) is 74.6 Å². The van der Waals surface area contributed by atoms with Gasteiger partial charge in [0.2, 0.25) is 11.8 Å². The highest BCUT2D eigenvalue weighted by molar-refractivity contribution is 8.14. The molecule has 9 nitrogen and oxygen atoms in total. The fourth-order valence-electron chi connectivity index (χ4n) is 3.82. The molecule has 0 fully saturated rings. The molecular formula is C25H23N5O4S2. The maximum atomic E-state index is 13.3. The number of para-hydroxylation sites is 1. The summed E-state index contributed by atoms with van der Waals surface area (Å²) in [6.45, 7) is 0.756. The zero-order valence-electron chi connectivity index (χ0n) is 19.2. The second-order valence-corrected chi connectivity index (χ2v) is 10.1. The summed E-state index contributed by atoms with van der Waals surface area (Å²) in [7, 11) is 0. The van der Waals surface area contributed by atoms with Crippen LogP contribution < -0.4 is 10.6 Å². The average Bonchev–Trinajstić information content (AvgIpc) is 3.66. The number of thiophene rings is 1. The highest BCUT2D eigenvalue weighted by Crippen LogP contribution is 2.34. The van der Waals surface area contributed by atoms with Gasteiger partial charge in [0, 0.05) is 16.9 Å². The molecular weight excluding hydrogens is 498 g/mol. The zero-order valence-corrected chi connectivity index (χ0v) is 20.8. The van der Waals surface area contributed by atoms with Crippen molar-refractivity contribution in [3.63, 3.8) is 0 Å². The molecule has 0 saturated heterocycles. The van der Waals surface area contributed by atoms with E-state index in [1.165, 1.54) is 16.7 Å². The van der Waals surface area contributed by atoms with Crippen LogP contribution in [0.3, 0.4) is 0 Å². The average molecular weight is 522 g/mol. The Morgan fingerprint density at radius 3 is 2.72 bits per heavy atom. The van der Waals surface area contributed by atoms with Crippen LogP contribution in [0.25, 0.3) is 0 Å². The van der Waals surface area contributed by atoms with Crippen LogP contribution in [0.5, 0.6) is 0 Å². The number of aliphatic imine (C=N–C) groups is 2. The number of hydrogen-bond acceptors (Lipinski definition) is 8. The number of amidine groups is 2. The first-order valence-corrected chi connectivity index (χ1v) is 13.3. The maximum absolute atomic E-state index is 13.3. The van der Waals surface area contributed by atoms with Crippen molar-refractivity contribution >= 4 is 57.5 Å². The summed E-state index contributed by atoms with van der Waals surface area (Å²) < 4.78 is 5.23. The van der Waals surface area contributed by atoms with E-state index in [4.69, 9.17) is 4.42 Å². The van der Waals surface area contributed by atoms with Crippen LogP contribution in [0.1, 0.15) is 29.0 Å². The molecule has 2 aliphatic heterocycles. The van der Waals surface area contributed by atoms with Gasteiger partial charge in [-0.1, -0.05) is 30.0 Å². The number of rotatable bonds is 9. The lowest BCUT2D eigenvalue weighted by Gasteiger charge is -2.25. The molecule has 0 bridgehead atoms. The molecule has 0 aliphatic carbocycles. The zero-order chi connectivity index (χ0) is 24.9. The molecule has 5 rings (SSSR count). The van der Waals surface area contributed by atoms with Gasteiger partial charge in [0.15, 0.2) is 5.17 Å². The van der Waals surface area contributed by atoms with Crippen molar-refractivity contribution in [3.05, 3.63) is 76.4 Å². The van der Waals surface area contributed by atoms with E-state index in [-0.39, 0.29) is 36.4 Å². The van der Waals surface area contributed by atoms with Crippen molar-refractivity contribution in [2.45, 2.75) is 32.0 Å². The molecule has 1 aromatic carbocycles. The second-order valence-electron chi connectivity index (χ2n) is 8.09. The Kier molecular flexibility index (Phi) is 7.28. The van der Waals surface area contributed by atoms with Gasteiger partial charge < -0.3 is 15.1 Å². The lowest BCUT2D eigenvalue weighted by molar-refractivity contribution is -0.125. The molecule has 2 N–H and O–H groups in total. The number of carbonyl (C=O) groups excluding carboxylic acids is 3. The smallest absolute Gasteiger partial charge is 0.259 e. The largest absolute Gasteiger partial charge is 0.467 e. The van der Waals surface area contributed by atoms with Gasteiger partial charge in [-0.05, 0) is 42.1 Å². The molecule has 11 heteroatoms. The van der Waals surface area contributed by atoms with Gasteiger partial charge in [-0.3, -0.25) is 19.4 Å². The molecule has 2 aliphatic rings. The van der Waals surface area contributed by atoms with Gasteiger partial charge >= 0.3 is 0 Å². The number of nitrogens with zero attached hydrogens (tertiary/aromatic N) is 3. The Morgan fingerprint density at radius 1 is 1.06 bits per heavy atom. The number of hydrogen-bond donors (Lipinski definition) is 2. The van der Waals surface area contributed by atoms with Gasteiger partial charge in [-0.2, -0.15) is 0 Å². The van der Waals surface area contributed by atoms with Crippen LogP contribution in [0, 0.1) is 0 Å². The molecule has 0 radical (unpaired) electrons. The van der Waals surface area contributed by atoms with Gasteiger partial charge in [0.25, 0.3) is 5.91 Å². The van der Waals surface area contributed by atoms with Gasteiger partial charge in [0.1, 0.15) is 17.6 Å². The summed E-state index contributed by atoms with van der Waals surface area (Å²) in [6.07, 6.45) is 2.02. The number of furan rings is 1. The summed E-state index contributed by atoms with van der Waals surface area (Å²) in [5.74, 6) is 0.666. The predicted octanol–water partition coefficient (Wildman–Crippen LogP) is 3.45. The molecule has 2 aromatic heterocycles. The van der Waals surface area contributed by atoms with Crippen molar-refractivity contribution in [2.75, 3.05) is 5.75 Å². The normalized spacial score (nSPS) is 16.2. The van der Waals surface area contributed by atoms with Crippen molar-refractivity contribution in [3.8, 4) is 0 Å². The molecule has 4 heterocycles. The molecule has 0 spiro atoms. The van der Waals surface area contributed by atoms with Crippen molar-refractivity contribution in [1.29, 1.82) is 0 Å². The highest BCUT2D eigenvalue weighted by atomic mass is 32.2. The minimum atomic E-state index is -0.683. The lowest BCUT2D eigenvalue weighted by Crippen LogP contribution is -2.41. The Balaban J connectivity index is 1.23. The topological polar surface area (TPSA) is 116 Å². The molecule has 3 amide bonds. The first-order valence-electron chi connectivity index (χ1n) is 11.4. The third-order valence-corrected chi connectivity index (χ3v) is 7.42. The molecule has 1 unspecified atom stereocenters. The van der Waals surface area contributed by atoms with E-state index in [0.29, 0.717) is 35.4 Å². The van der Waals surface area contributed by atoms with Crippen molar-refractivity contribution < 1.29 is 18.8 Å². The van der Waals surface area contributed by atoms with Crippen LogP contribution in [0.4, 0.5) is 5.69 Å². The standard InChI is InChI=1S/C25H23N5O4S2/c31-21(27-14-17-6-4-12-35-17)10-9-20-24(33)30-23(28-20)18-7-1-2-8-19(18)29-25(30)36-15-22(32)26-13-16-5-3-11-34-16/h1-8,11-12,20H,9-10,13-15H2,(H,26,32)(H,27,31). The molecule has 0 saturated carbocycles. The van der Waals surface area contributed by atoms with E-state index >= 15 is 0 Å². The number of amides is 3. The van der Waals surface area contributed by atoms with E-state index in [2.05, 4.69) is 20.6 Å². The third-order valence-electron chi connectivity index (χ3n) is 5.60. The monoisotopic (exact) mass is 521 g/mol. The van der Waals surface area contributed by atoms with E-state index in [0.717, 1.165) is 10.4 Å². The highest BCUT2D eigenvalue weighted by Gasteiger charge is 2.41. The predicted molar refractivity (Wildman–Crippen MR) is 139 cm³/mol. The number of carbonyl (C=O) groups is 3. The summed E-state index contributed by atoms with van der Waals surface area (Å²) >= 11 is 2.75. The van der Waals surface area contributed by atoms with E-state index < -0.39 is 6.04 Å². The Labute approximate surface area is 215 Å². The minimum Gasteiger partial charge on any atom is -0.467 e. The SMILES string of the molecule is O=C(CCC1N=C2c3ccccc3N=C(SCC(=O)NCc3ccco3)N2C1=O)NCc1cccs1. The third kappa shape index (κ3) is 5.42. The Bertz CT molecular complexity index is 1320. The summed E-state index contributed by atoms with van der Waals surface area (Å²) in [4.78, 5) is 49.9. The van der Waals surface area contributed by atoms with Crippen molar-refractivity contribution in [2.24, 2.45) is 9.98 Å². The Hall–Kier alpha value is -3.70. The fraction of sp³-hybridized carbons (Fsp3) is 0.240. The first-order chi connectivity index (χ1) is 17.6. The molecule has 36 heavy (non-hydrogen) atoms. The fourth-order valence-corrected chi connectivity index (χ4v) is 5.30. The van der Waals surface area contributed by atoms with Gasteiger partial charge in [-0.25, -0.2) is 9.89 Å². The van der Waals surface area contributed by atoms with Gasteiger partial charge in [0.05, 0.1) is 30.8 Å². The van der Waals surface area contributed by atoms with E-state index in [1.807, 2.05) is 41.8 Å². The van der Waals surface area contributed by atoms with E-state index in [9.17, 15) is 14.4 Å². The number of benzene rings is 1. The molecule has 3 aromatic rings. The maximum Gasteiger partial charge on any atom is 0.259 e. The molecule has 1 atom stereocenters. The summed E-state index contributed by atoms with van der Waals surface area (Å²) in [5.41, 5.74) is 1.44. The number of fused-ring (bicyclic) bond motifs is 3. The van der Waals surface area contributed by atoms with Crippen LogP contribution >= 0.6 is 23.1 Å². The van der Waals surface area contributed by atoms with Crippen LogP contribution in [0.2, 0.25) is 0 Å². The number of nitrogens with one attached hydrogen (secondary N) is 2. The lowest BCUT2D eigenvalue weighted by atomic mass is 10.1. The van der Waals surface area contributed by atoms with Crippen LogP contribution in [-0.2, 0) is 27.5 Å². The van der Waals surface area contributed by atoms with Crippen LogP contribution in [-0.4, -0.2) is 45.4 Å². The number of thioether (sulfide) groups is 1. The quantitative estimate of drug-likeness (QED) is 0.447. The first kappa shape index (κ1) is 24.0. The molecule has 184 valence electrons. The summed E-state index contributed by atoms with van der Waals surface area (Å²) in [5, 5.41) is 8.04. The van der Waals surface area contributed by atoms with Gasteiger partial charge in [-0.15, -0.1) is 11.3 Å². The Morgan fingerprint density at radius 2 is 1.92 bits per heavy atom. The second kappa shape index (κ2) is 10.9. The minimum absolute atomic E-state index is 0.0779. The van der Waals surface area contributed by atoms with Crippen molar-refractivity contribution in [1.82, 2.24) is 15.5 Å².